The quantitative estimate of drug-likeness (QED) is 0.0383. The molecule has 0 amide bonds. The van der Waals surface area contributed by atoms with E-state index in [2.05, 4.69) is 43.8 Å². The van der Waals surface area contributed by atoms with Crippen LogP contribution in [-0.2, 0) is 55.8 Å². The SMILES string of the molecule is CCCOCCOCCOCCOCCOCCOCCOCCC=O.Cc1cc(CNCc2cn(C3CC3)c3cc(OCCN(C)C)c(F)cc3c2=O)ccn1.Cc1ccc(N2CCCCC2)cn1.O=CO. The summed E-state index contributed by atoms with van der Waals surface area (Å²) in [5, 5.41) is 10.6. The number of benzene rings is 1. The Hall–Kier alpha value is -4.96. The first-order chi connectivity index (χ1) is 35.6. The summed E-state index contributed by atoms with van der Waals surface area (Å²) in [5.41, 5.74) is 5.70. The van der Waals surface area contributed by atoms with Gasteiger partial charge in [0.1, 0.15) is 12.9 Å². The van der Waals surface area contributed by atoms with Crippen LogP contribution in [0.5, 0.6) is 5.75 Å². The number of hydrogen-bond acceptors (Lipinski definition) is 16. The van der Waals surface area contributed by atoms with E-state index in [0.717, 1.165) is 54.6 Å². The Morgan fingerprint density at radius 2 is 1.32 bits per heavy atom. The minimum atomic E-state index is -0.497. The molecule has 0 atom stereocenters. The molecule has 0 radical (unpaired) electrons. The molecule has 6 rings (SSSR count). The Labute approximate surface area is 431 Å². The van der Waals surface area contributed by atoms with Crippen molar-refractivity contribution in [3.8, 4) is 5.75 Å². The number of nitrogens with zero attached hydrogens (tertiary/aromatic N) is 5. The number of hydrogen-bond donors (Lipinski definition) is 2. The second kappa shape index (κ2) is 39.5. The lowest BCUT2D eigenvalue weighted by Crippen LogP contribution is -2.29. The fourth-order valence-electron chi connectivity index (χ4n) is 7.19. The summed E-state index contributed by atoms with van der Waals surface area (Å²) in [7, 11) is 3.88. The summed E-state index contributed by atoms with van der Waals surface area (Å²) in [6.45, 7) is 18.1. The number of carboxylic acid groups (broad SMARTS) is 1. The standard InChI is InChI=1S/C24H29FN4O2.C18H36O8.C11H16N2.CH2O2/c1-16-10-17(6-7-27-16)13-26-14-18-15-29(19-4-5-19)22-12-23(31-9-8-28(2)3)21(25)11-20(22)24(18)30;1-2-5-20-7-9-22-11-13-24-15-17-26-18-16-25-14-12-23-10-8-21-6-3-4-19;1-10-5-6-11(9-12-10)13-7-3-2-4-8-13;2-1-3/h6-7,10-12,15,19,26H,4-5,8-9,13-14H2,1-3H3;4H,2-3,5-18H2,1H3;5-6,9H,2-4,7-8H2,1H3;1H,(H,2,3). The molecule has 0 unspecified atom stereocenters. The summed E-state index contributed by atoms with van der Waals surface area (Å²) in [4.78, 5) is 44.5. The van der Waals surface area contributed by atoms with Gasteiger partial charge in [-0.05, 0) is 102 Å². The van der Waals surface area contributed by atoms with Gasteiger partial charge in [-0.2, -0.15) is 0 Å². The van der Waals surface area contributed by atoms with Gasteiger partial charge in [0, 0.05) is 92.6 Å². The molecule has 19 heteroatoms. The van der Waals surface area contributed by atoms with Crippen molar-refractivity contribution in [1.29, 1.82) is 0 Å². The van der Waals surface area contributed by atoms with Crippen molar-refractivity contribution < 1.29 is 57.0 Å². The summed E-state index contributed by atoms with van der Waals surface area (Å²) >= 11 is 0. The smallest absolute Gasteiger partial charge is 0.290 e. The molecular weight excluding hydrogens is 944 g/mol. The normalized spacial score (nSPS) is 13.1. The number of halogens is 1. The van der Waals surface area contributed by atoms with E-state index in [-0.39, 0.29) is 17.7 Å². The van der Waals surface area contributed by atoms with Gasteiger partial charge in [-0.3, -0.25) is 19.6 Å². The molecule has 2 N–H and O–H groups in total. The molecule has 1 saturated heterocycles. The Balaban J connectivity index is 0.000000301. The summed E-state index contributed by atoms with van der Waals surface area (Å²) < 4.78 is 59.8. The first-order valence-corrected chi connectivity index (χ1v) is 25.6. The highest BCUT2D eigenvalue weighted by molar-refractivity contribution is 5.81. The van der Waals surface area contributed by atoms with Gasteiger partial charge >= 0.3 is 0 Å². The first kappa shape index (κ1) is 62.3. The zero-order valence-electron chi connectivity index (χ0n) is 44.1. The Bertz CT molecular complexity index is 2120. The number of ether oxygens (including phenoxy) is 8. The van der Waals surface area contributed by atoms with E-state index in [1.54, 1.807) is 12.3 Å². The van der Waals surface area contributed by atoms with Crippen molar-refractivity contribution in [2.24, 2.45) is 0 Å². The minimum absolute atomic E-state index is 0.135. The predicted molar refractivity (Wildman–Crippen MR) is 280 cm³/mol. The molecular formula is C54H83FN6O12. The van der Waals surface area contributed by atoms with Gasteiger partial charge in [-0.15, -0.1) is 0 Å². The Morgan fingerprint density at radius 3 is 1.82 bits per heavy atom. The molecule has 0 spiro atoms. The van der Waals surface area contributed by atoms with Crippen LogP contribution in [0.15, 0.2) is 59.8 Å². The molecule has 4 heterocycles. The molecule has 4 aromatic rings. The third-order valence-electron chi connectivity index (χ3n) is 11.1. The number of rotatable bonds is 33. The average Bonchev–Trinajstić information content (AvgIpc) is 4.24. The number of anilines is 1. The lowest BCUT2D eigenvalue weighted by Gasteiger charge is -2.28. The first-order valence-electron chi connectivity index (χ1n) is 25.6. The molecule has 0 bridgehead atoms. The van der Waals surface area contributed by atoms with E-state index in [0.29, 0.717) is 136 Å². The summed E-state index contributed by atoms with van der Waals surface area (Å²) in [6.07, 6.45) is 14.2. The van der Waals surface area contributed by atoms with E-state index in [1.807, 2.05) is 57.4 Å². The molecule has 1 aliphatic carbocycles. The second-order valence-electron chi connectivity index (χ2n) is 17.5. The molecule has 2 fully saturated rings. The molecule has 73 heavy (non-hydrogen) atoms. The molecule has 2 aliphatic rings. The monoisotopic (exact) mass is 1030 g/mol. The highest BCUT2D eigenvalue weighted by atomic mass is 19.1. The average molecular weight is 1030 g/mol. The zero-order chi connectivity index (χ0) is 52.7. The predicted octanol–water partition coefficient (Wildman–Crippen LogP) is 6.59. The van der Waals surface area contributed by atoms with Gasteiger partial charge in [-0.1, -0.05) is 6.92 Å². The van der Waals surface area contributed by atoms with Gasteiger partial charge in [0.05, 0.1) is 103 Å². The molecule has 408 valence electrons. The van der Waals surface area contributed by atoms with E-state index in [1.165, 1.54) is 44.1 Å². The van der Waals surface area contributed by atoms with Crippen molar-refractivity contribution >= 4 is 29.3 Å². The number of carbonyl (C=O) groups is 2. The maximum absolute atomic E-state index is 14.7. The van der Waals surface area contributed by atoms with E-state index in [9.17, 15) is 14.0 Å². The van der Waals surface area contributed by atoms with Crippen LogP contribution < -0.4 is 20.4 Å². The van der Waals surface area contributed by atoms with Crippen molar-refractivity contribution in [2.45, 2.75) is 84.8 Å². The van der Waals surface area contributed by atoms with Crippen molar-refractivity contribution in [3.63, 3.8) is 0 Å². The van der Waals surface area contributed by atoms with Crippen LogP contribution >= 0.6 is 0 Å². The van der Waals surface area contributed by atoms with Gasteiger partial charge in [-0.25, -0.2) is 4.39 Å². The zero-order valence-corrected chi connectivity index (χ0v) is 44.1. The summed E-state index contributed by atoms with van der Waals surface area (Å²) in [6, 6.07) is 11.6. The van der Waals surface area contributed by atoms with Crippen LogP contribution in [0.1, 0.15) is 80.4 Å². The van der Waals surface area contributed by atoms with E-state index in [4.69, 9.17) is 47.8 Å². The van der Waals surface area contributed by atoms with Gasteiger partial charge in [0.25, 0.3) is 6.47 Å². The van der Waals surface area contributed by atoms with Crippen molar-refractivity contribution in [2.75, 3.05) is 138 Å². The second-order valence-corrected chi connectivity index (χ2v) is 17.5. The number of aryl methyl sites for hydroxylation is 2. The summed E-state index contributed by atoms with van der Waals surface area (Å²) in [5.74, 6) is -0.301. The van der Waals surface area contributed by atoms with Crippen LogP contribution in [0.2, 0.25) is 0 Å². The maximum atomic E-state index is 14.7. The number of fused-ring (bicyclic) bond motifs is 1. The molecule has 1 saturated carbocycles. The number of nitrogens with one attached hydrogen (secondary N) is 1. The lowest BCUT2D eigenvalue weighted by atomic mass is 10.1. The van der Waals surface area contributed by atoms with Crippen LogP contribution in [0.25, 0.3) is 10.9 Å². The fourth-order valence-corrected chi connectivity index (χ4v) is 7.19. The Kier molecular flexibility index (Phi) is 33.7. The lowest BCUT2D eigenvalue weighted by molar-refractivity contribution is -0.122. The van der Waals surface area contributed by atoms with Gasteiger partial charge in [0.15, 0.2) is 17.0 Å². The molecule has 1 aliphatic heterocycles. The Morgan fingerprint density at radius 1 is 0.740 bits per heavy atom. The van der Waals surface area contributed by atoms with Gasteiger partial charge in [0.2, 0.25) is 0 Å². The van der Waals surface area contributed by atoms with E-state index >= 15 is 0 Å². The van der Waals surface area contributed by atoms with Crippen LogP contribution in [0.3, 0.4) is 0 Å². The van der Waals surface area contributed by atoms with Crippen molar-refractivity contribution in [3.05, 3.63) is 93.5 Å². The molecule has 1 aromatic carbocycles. The highest BCUT2D eigenvalue weighted by Gasteiger charge is 2.26. The third kappa shape index (κ3) is 27.8. The number of aromatic nitrogens is 3. The molecule has 3 aromatic heterocycles. The topological polar surface area (TPSA) is 194 Å². The number of aldehydes is 1. The number of pyridine rings is 3. The largest absolute Gasteiger partial charge is 0.489 e. The van der Waals surface area contributed by atoms with Gasteiger partial charge < -0.3 is 67.5 Å². The fraction of sp³-hybridized carbons (Fsp3) is 0.611. The highest BCUT2D eigenvalue weighted by Crippen LogP contribution is 2.38. The number of piperidine rings is 1. The van der Waals surface area contributed by atoms with Crippen LogP contribution in [0.4, 0.5) is 10.1 Å². The number of likely N-dealkylation sites (N-methyl/N-ethyl adjacent to an activating group) is 1. The van der Waals surface area contributed by atoms with Crippen LogP contribution in [-0.4, -0.2) is 170 Å². The van der Waals surface area contributed by atoms with Crippen molar-refractivity contribution in [1.82, 2.24) is 24.8 Å². The maximum Gasteiger partial charge on any atom is 0.290 e. The van der Waals surface area contributed by atoms with Crippen LogP contribution in [0, 0.1) is 19.7 Å². The molecule has 18 nitrogen and oxygen atoms in total. The minimum Gasteiger partial charge on any atom is -0.489 e. The third-order valence-corrected chi connectivity index (χ3v) is 11.1. The number of carbonyl (C=O) groups excluding carboxylic acids is 1. The van der Waals surface area contributed by atoms with E-state index < -0.39 is 5.82 Å².